The van der Waals surface area contributed by atoms with Gasteiger partial charge in [0.25, 0.3) is 5.91 Å². The molecule has 0 saturated heterocycles. The lowest BCUT2D eigenvalue weighted by atomic mass is 10.1. The smallest absolute Gasteiger partial charge is 0.407 e. The zero-order valence-corrected chi connectivity index (χ0v) is 28.8. The van der Waals surface area contributed by atoms with Crippen molar-refractivity contribution in [1.29, 1.82) is 0 Å². The number of nitrogens with one attached hydrogen (secondary N) is 4. The van der Waals surface area contributed by atoms with Crippen LogP contribution in [0.15, 0.2) is 18.2 Å². The van der Waals surface area contributed by atoms with E-state index in [9.17, 15) is 24.5 Å². The highest BCUT2D eigenvalue weighted by Crippen LogP contribution is 2.30. The lowest BCUT2D eigenvalue weighted by Crippen LogP contribution is -2.34. The van der Waals surface area contributed by atoms with Gasteiger partial charge in [-0.3, -0.25) is 25.0 Å². The number of hydrogen-bond acceptors (Lipinski definition) is 14. The fraction of sp³-hybridized carbons (Fsp3) is 0.600. The SMILES string of the molecule is CC(=O)Nc1cc(NCCOCCOCCOCCOCCOCCNC(=O)OC(C)(C)C)ccc1C(=O)Nc1nc(C)c([N+](=O)[O-])s1. The van der Waals surface area contributed by atoms with Gasteiger partial charge in [-0.15, -0.1) is 0 Å². The molecule has 0 saturated carbocycles. The van der Waals surface area contributed by atoms with Crippen LogP contribution in [-0.4, -0.2) is 113 Å². The molecule has 17 nitrogen and oxygen atoms in total. The van der Waals surface area contributed by atoms with Gasteiger partial charge in [0, 0.05) is 25.7 Å². The van der Waals surface area contributed by atoms with E-state index in [1.165, 1.54) is 19.9 Å². The number of benzene rings is 1. The minimum atomic E-state index is -0.569. The lowest BCUT2D eigenvalue weighted by Gasteiger charge is -2.19. The third-order valence-corrected chi connectivity index (χ3v) is 6.74. The molecule has 18 heteroatoms. The van der Waals surface area contributed by atoms with Crippen molar-refractivity contribution in [3.63, 3.8) is 0 Å². The fourth-order valence-electron chi connectivity index (χ4n) is 3.71. The molecule has 0 bridgehead atoms. The van der Waals surface area contributed by atoms with Crippen LogP contribution in [0.5, 0.6) is 0 Å². The Morgan fingerprint density at radius 3 is 1.90 bits per heavy atom. The van der Waals surface area contributed by atoms with Gasteiger partial charge in [0.1, 0.15) is 11.3 Å². The largest absolute Gasteiger partial charge is 0.444 e. The van der Waals surface area contributed by atoms with E-state index in [1.807, 2.05) is 0 Å². The summed E-state index contributed by atoms with van der Waals surface area (Å²) in [7, 11) is 0. The maximum absolute atomic E-state index is 12.8. The molecule has 3 amide bonds. The Morgan fingerprint density at radius 1 is 0.854 bits per heavy atom. The van der Waals surface area contributed by atoms with E-state index >= 15 is 0 Å². The molecule has 0 radical (unpaired) electrons. The van der Waals surface area contributed by atoms with Crippen LogP contribution in [0, 0.1) is 17.0 Å². The van der Waals surface area contributed by atoms with Gasteiger partial charge in [0.2, 0.25) is 5.91 Å². The highest BCUT2D eigenvalue weighted by atomic mass is 32.1. The standard InChI is InChI=1S/C30H46N6O11S/c1-21-27(36(40)41)48-28(33-21)35-26(38)24-7-6-23(20-25(24)34-22(2)37)31-8-10-42-12-14-44-16-18-46-19-17-45-15-13-43-11-9-32-29(39)47-30(3,4)5/h6-7,20,31H,8-19H2,1-5H3,(H,32,39)(H,34,37)(H,33,35,38). The predicted molar refractivity (Wildman–Crippen MR) is 179 cm³/mol. The molecule has 1 aromatic carbocycles. The van der Waals surface area contributed by atoms with E-state index in [0.29, 0.717) is 84.8 Å². The molecule has 268 valence electrons. The molecule has 1 heterocycles. The third-order valence-electron chi connectivity index (χ3n) is 5.71. The van der Waals surface area contributed by atoms with Crippen molar-refractivity contribution in [3.05, 3.63) is 39.6 Å². The van der Waals surface area contributed by atoms with E-state index in [2.05, 4.69) is 26.3 Å². The van der Waals surface area contributed by atoms with Crippen molar-refractivity contribution in [2.75, 3.05) is 95.1 Å². The molecule has 0 unspecified atom stereocenters. The highest BCUT2D eigenvalue weighted by Gasteiger charge is 2.21. The van der Waals surface area contributed by atoms with Crippen molar-refractivity contribution >= 4 is 50.8 Å². The number of thiazole rings is 1. The van der Waals surface area contributed by atoms with Crippen LogP contribution >= 0.6 is 11.3 Å². The van der Waals surface area contributed by atoms with E-state index in [4.69, 9.17) is 28.4 Å². The Morgan fingerprint density at radius 2 is 1.40 bits per heavy atom. The van der Waals surface area contributed by atoms with E-state index in [-0.39, 0.29) is 33.0 Å². The van der Waals surface area contributed by atoms with E-state index in [1.54, 1.807) is 32.9 Å². The van der Waals surface area contributed by atoms with E-state index < -0.39 is 22.5 Å². The van der Waals surface area contributed by atoms with Crippen molar-refractivity contribution in [2.45, 2.75) is 40.2 Å². The van der Waals surface area contributed by atoms with Crippen molar-refractivity contribution in [3.8, 4) is 0 Å². The third kappa shape index (κ3) is 17.3. The Hall–Kier alpha value is -3.94. The number of ether oxygens (including phenoxy) is 6. The van der Waals surface area contributed by atoms with Gasteiger partial charge in [0.05, 0.1) is 82.2 Å². The predicted octanol–water partition coefficient (Wildman–Crippen LogP) is 3.59. The molecule has 0 fully saturated rings. The lowest BCUT2D eigenvalue weighted by molar-refractivity contribution is -0.380. The number of hydrogen-bond donors (Lipinski definition) is 4. The van der Waals surface area contributed by atoms with Gasteiger partial charge in [-0.1, -0.05) is 0 Å². The molecule has 2 rings (SSSR count). The zero-order chi connectivity index (χ0) is 35.4. The van der Waals surface area contributed by atoms with Crippen LogP contribution in [0.4, 0.5) is 26.3 Å². The monoisotopic (exact) mass is 698 g/mol. The summed E-state index contributed by atoms with van der Waals surface area (Å²) in [4.78, 5) is 50.6. The first-order valence-corrected chi connectivity index (χ1v) is 16.1. The first kappa shape index (κ1) is 40.2. The van der Waals surface area contributed by atoms with Gasteiger partial charge in [-0.05, 0) is 57.2 Å². The molecular weight excluding hydrogens is 652 g/mol. The molecule has 0 spiro atoms. The summed E-state index contributed by atoms with van der Waals surface area (Å²) in [6, 6.07) is 4.82. The number of carbonyl (C=O) groups is 3. The molecule has 0 aliphatic heterocycles. The first-order valence-electron chi connectivity index (χ1n) is 15.3. The van der Waals surface area contributed by atoms with Crippen molar-refractivity contribution in [2.24, 2.45) is 0 Å². The fourth-order valence-corrected chi connectivity index (χ4v) is 4.49. The summed E-state index contributed by atoms with van der Waals surface area (Å²) >= 11 is 0.755. The number of aromatic nitrogens is 1. The Bertz CT molecular complexity index is 1320. The van der Waals surface area contributed by atoms with Crippen molar-refractivity contribution in [1.82, 2.24) is 10.3 Å². The van der Waals surface area contributed by atoms with Crippen LogP contribution in [-0.2, 0) is 33.2 Å². The topological polar surface area (TPSA) is 211 Å². The molecule has 0 aliphatic carbocycles. The number of nitro groups is 1. The minimum absolute atomic E-state index is 0.0847. The molecule has 4 N–H and O–H groups in total. The molecule has 2 aromatic rings. The van der Waals surface area contributed by atoms with E-state index in [0.717, 1.165) is 11.3 Å². The molecule has 1 aromatic heterocycles. The van der Waals surface area contributed by atoms with Gasteiger partial charge >= 0.3 is 11.1 Å². The van der Waals surface area contributed by atoms with Crippen LogP contribution in [0.1, 0.15) is 43.7 Å². The number of aryl methyl sites for hydroxylation is 1. The summed E-state index contributed by atoms with van der Waals surface area (Å²) in [6.07, 6.45) is -0.474. The average molecular weight is 699 g/mol. The van der Waals surface area contributed by atoms with Crippen LogP contribution in [0.3, 0.4) is 0 Å². The normalized spacial score (nSPS) is 11.2. The number of rotatable bonds is 23. The van der Waals surface area contributed by atoms with Crippen LogP contribution in [0.25, 0.3) is 0 Å². The summed E-state index contributed by atoms with van der Waals surface area (Å²) in [5.74, 6) is -0.936. The minimum Gasteiger partial charge on any atom is -0.444 e. The first-order chi connectivity index (χ1) is 22.9. The molecule has 48 heavy (non-hydrogen) atoms. The number of carbonyl (C=O) groups excluding carboxylic acids is 3. The number of anilines is 3. The summed E-state index contributed by atoms with van der Waals surface area (Å²) < 4.78 is 32.5. The second kappa shape index (κ2) is 21.8. The number of nitrogens with zero attached hydrogens (tertiary/aromatic N) is 2. The Balaban J connectivity index is 1.50. The van der Waals surface area contributed by atoms with Gasteiger partial charge < -0.3 is 44.4 Å². The molecule has 0 atom stereocenters. The second-order valence-electron chi connectivity index (χ2n) is 11.0. The Labute approximate surface area is 283 Å². The van der Waals surface area contributed by atoms with Crippen LogP contribution in [0.2, 0.25) is 0 Å². The maximum atomic E-state index is 12.8. The zero-order valence-electron chi connectivity index (χ0n) is 28.0. The average Bonchev–Trinajstić information content (AvgIpc) is 3.37. The van der Waals surface area contributed by atoms with Gasteiger partial charge in [-0.2, -0.15) is 0 Å². The maximum Gasteiger partial charge on any atom is 0.407 e. The second-order valence-corrected chi connectivity index (χ2v) is 12.0. The summed E-state index contributed by atoms with van der Waals surface area (Å²) in [5.41, 5.74) is 0.757. The van der Waals surface area contributed by atoms with Crippen LogP contribution < -0.4 is 21.3 Å². The number of amides is 3. The van der Waals surface area contributed by atoms with Crippen molar-refractivity contribution < 1.29 is 47.7 Å². The molecular formula is C30H46N6O11S. The highest BCUT2D eigenvalue weighted by molar-refractivity contribution is 7.19. The van der Waals surface area contributed by atoms with Gasteiger partial charge in [0.15, 0.2) is 5.13 Å². The summed E-state index contributed by atoms with van der Waals surface area (Å²) in [5, 5.41) is 22.0. The summed E-state index contributed by atoms with van der Waals surface area (Å²) in [6.45, 7) is 13.1. The molecule has 0 aliphatic rings. The Kier molecular flexibility index (Phi) is 18.3. The quantitative estimate of drug-likeness (QED) is 0.0744. The number of alkyl carbamates (subject to hydrolysis) is 1. The van der Waals surface area contributed by atoms with Gasteiger partial charge in [-0.25, -0.2) is 9.78 Å².